The van der Waals surface area contributed by atoms with Crippen LogP contribution >= 0.6 is 0 Å². The van der Waals surface area contributed by atoms with Crippen LogP contribution < -0.4 is 9.47 Å². The highest BCUT2D eigenvalue weighted by atomic mass is 16.5. The van der Waals surface area contributed by atoms with Crippen LogP contribution in [0, 0.1) is 5.92 Å². The zero-order valence-corrected chi connectivity index (χ0v) is 21.4. The van der Waals surface area contributed by atoms with E-state index in [-0.39, 0.29) is 5.92 Å². The van der Waals surface area contributed by atoms with Crippen LogP contribution in [-0.4, -0.2) is 41.9 Å². The minimum atomic E-state index is 0.214. The van der Waals surface area contributed by atoms with Crippen molar-refractivity contribution in [1.29, 1.82) is 0 Å². The molecule has 1 aromatic heterocycles. The maximum Gasteiger partial charge on any atom is 0.119 e. The Morgan fingerprint density at radius 2 is 1.44 bits per heavy atom. The third-order valence-electron chi connectivity index (χ3n) is 6.28. The van der Waals surface area contributed by atoms with E-state index in [0.717, 1.165) is 42.3 Å². The smallest absolute Gasteiger partial charge is 0.119 e. The van der Waals surface area contributed by atoms with Gasteiger partial charge in [0, 0.05) is 18.0 Å². The fourth-order valence-electron chi connectivity index (χ4n) is 4.25. The molecule has 0 unspecified atom stereocenters. The Balaban J connectivity index is 1.41. The lowest BCUT2D eigenvalue weighted by Gasteiger charge is -2.19. The summed E-state index contributed by atoms with van der Waals surface area (Å²) in [4.78, 5) is 2.36. The number of nitrogens with zero attached hydrogens (tertiary/aromatic N) is 2. The predicted octanol–water partition coefficient (Wildman–Crippen LogP) is 6.63. The number of unbranched alkanes of at least 4 members (excludes halogenated alkanes) is 1. The molecule has 0 bridgehead atoms. The van der Waals surface area contributed by atoms with E-state index in [0.29, 0.717) is 13.2 Å². The maximum atomic E-state index is 6.09. The average molecular weight is 484 g/mol. The van der Waals surface area contributed by atoms with Gasteiger partial charge in [-0.1, -0.05) is 74.0 Å². The molecule has 1 heterocycles. The molecule has 0 radical (unpaired) electrons. The van der Waals surface area contributed by atoms with Crippen molar-refractivity contribution < 1.29 is 9.47 Å². The number of hydrogen-bond donors (Lipinski definition) is 1. The average Bonchev–Trinajstić information content (AvgIpc) is 3.38. The normalized spacial score (nSPS) is 11.2. The molecule has 4 aromatic rings. The number of ether oxygens (including phenoxy) is 2. The lowest BCUT2D eigenvalue weighted by molar-refractivity contribution is 0.176. The molecular weight excluding hydrogens is 446 g/mol. The number of aromatic amines is 1. The molecule has 4 rings (SSSR count). The zero-order chi connectivity index (χ0) is 25.0. The van der Waals surface area contributed by atoms with Crippen molar-refractivity contribution in [2.24, 2.45) is 5.92 Å². The van der Waals surface area contributed by atoms with Gasteiger partial charge in [-0.2, -0.15) is 5.10 Å². The Bertz CT molecular complexity index is 1100. The first-order valence-corrected chi connectivity index (χ1v) is 12.9. The lowest BCUT2D eigenvalue weighted by atomic mass is 9.98. The summed E-state index contributed by atoms with van der Waals surface area (Å²) in [5, 5.41) is 7.53. The molecule has 0 aliphatic heterocycles. The first-order valence-electron chi connectivity index (χ1n) is 12.9. The van der Waals surface area contributed by atoms with Crippen LogP contribution in [0.5, 0.6) is 11.5 Å². The molecule has 0 saturated heterocycles. The van der Waals surface area contributed by atoms with Crippen molar-refractivity contribution in [3.63, 3.8) is 0 Å². The summed E-state index contributed by atoms with van der Waals surface area (Å²) in [6.07, 6.45) is 5.23. The molecule has 1 N–H and O–H groups in total. The number of H-pyrrole nitrogens is 1. The van der Waals surface area contributed by atoms with Crippen LogP contribution in [-0.2, 0) is 13.0 Å². The van der Waals surface area contributed by atoms with E-state index in [9.17, 15) is 0 Å². The van der Waals surface area contributed by atoms with Crippen LogP contribution in [0.4, 0.5) is 0 Å². The molecule has 3 aromatic carbocycles. The molecule has 0 aliphatic carbocycles. The van der Waals surface area contributed by atoms with E-state index in [4.69, 9.17) is 9.47 Å². The first kappa shape index (κ1) is 25.5. The molecule has 0 saturated carbocycles. The van der Waals surface area contributed by atoms with Crippen LogP contribution in [0.15, 0.2) is 91.1 Å². The summed E-state index contributed by atoms with van der Waals surface area (Å²) in [5.74, 6) is 1.98. The Labute approximate surface area is 215 Å². The van der Waals surface area contributed by atoms with Crippen LogP contribution in [0.25, 0.3) is 11.3 Å². The van der Waals surface area contributed by atoms with Gasteiger partial charge in [0.25, 0.3) is 0 Å². The summed E-state index contributed by atoms with van der Waals surface area (Å²) < 4.78 is 12.2. The fourth-order valence-corrected chi connectivity index (χ4v) is 4.25. The van der Waals surface area contributed by atoms with Gasteiger partial charge in [0.05, 0.1) is 25.1 Å². The van der Waals surface area contributed by atoms with E-state index in [1.165, 1.54) is 24.0 Å². The molecule has 0 amide bonds. The minimum Gasteiger partial charge on any atom is -0.493 e. The van der Waals surface area contributed by atoms with E-state index >= 15 is 0 Å². The summed E-state index contributed by atoms with van der Waals surface area (Å²) in [6.45, 7) is 5.40. The van der Waals surface area contributed by atoms with Crippen molar-refractivity contribution in [3.8, 4) is 22.8 Å². The van der Waals surface area contributed by atoms with Gasteiger partial charge in [-0.05, 0) is 61.8 Å². The SMILES string of the molecule is CCCCN(C)Cc1cn[nH]c1-c1ccc(CC(COc2ccccc2)COc2ccccc2)cc1. The molecule has 0 atom stereocenters. The second-order valence-corrected chi connectivity index (χ2v) is 9.38. The van der Waals surface area contributed by atoms with Gasteiger partial charge < -0.3 is 14.4 Å². The summed E-state index contributed by atoms with van der Waals surface area (Å²) >= 11 is 0. The molecule has 5 nitrogen and oxygen atoms in total. The highest BCUT2D eigenvalue weighted by Gasteiger charge is 2.14. The topological polar surface area (TPSA) is 50.4 Å². The molecular formula is C31H37N3O2. The van der Waals surface area contributed by atoms with Crippen molar-refractivity contribution in [2.75, 3.05) is 26.8 Å². The Kier molecular flexibility index (Phi) is 9.57. The monoisotopic (exact) mass is 483 g/mol. The van der Waals surface area contributed by atoms with Gasteiger partial charge in [-0.25, -0.2) is 0 Å². The third kappa shape index (κ3) is 7.72. The van der Waals surface area contributed by atoms with Crippen molar-refractivity contribution >= 4 is 0 Å². The Hall–Kier alpha value is -3.57. The Morgan fingerprint density at radius 3 is 2.03 bits per heavy atom. The van der Waals surface area contributed by atoms with Gasteiger partial charge in [-0.15, -0.1) is 0 Å². The molecule has 36 heavy (non-hydrogen) atoms. The number of rotatable bonds is 14. The van der Waals surface area contributed by atoms with Gasteiger partial charge in [0.15, 0.2) is 0 Å². The first-order chi connectivity index (χ1) is 17.7. The number of nitrogens with one attached hydrogen (secondary N) is 1. The van der Waals surface area contributed by atoms with Gasteiger partial charge in [-0.3, -0.25) is 5.10 Å². The molecule has 0 aliphatic rings. The maximum absolute atomic E-state index is 6.09. The standard InChI is InChI=1S/C31H37N3O2/c1-3-4-19-34(2)22-28-21-32-33-31(28)27-17-15-25(16-18-27)20-26(23-35-29-11-7-5-8-12-29)24-36-30-13-9-6-10-14-30/h5-18,21,26H,3-4,19-20,22-24H2,1-2H3,(H,32,33). The van der Waals surface area contributed by atoms with Gasteiger partial charge >= 0.3 is 0 Å². The van der Waals surface area contributed by atoms with Crippen molar-refractivity contribution in [1.82, 2.24) is 15.1 Å². The Morgan fingerprint density at radius 1 is 0.833 bits per heavy atom. The third-order valence-corrected chi connectivity index (χ3v) is 6.28. The highest BCUT2D eigenvalue weighted by molar-refractivity contribution is 5.62. The van der Waals surface area contributed by atoms with E-state index in [1.54, 1.807) is 0 Å². The number of hydrogen-bond acceptors (Lipinski definition) is 4. The van der Waals surface area contributed by atoms with Gasteiger partial charge in [0.2, 0.25) is 0 Å². The minimum absolute atomic E-state index is 0.214. The number of benzene rings is 3. The highest BCUT2D eigenvalue weighted by Crippen LogP contribution is 2.24. The second-order valence-electron chi connectivity index (χ2n) is 9.38. The van der Waals surface area contributed by atoms with Crippen LogP contribution in [0.3, 0.4) is 0 Å². The largest absolute Gasteiger partial charge is 0.493 e. The number of para-hydroxylation sites is 2. The van der Waals surface area contributed by atoms with Crippen LogP contribution in [0.2, 0.25) is 0 Å². The molecule has 0 spiro atoms. The summed E-state index contributed by atoms with van der Waals surface area (Å²) in [5.41, 5.74) is 4.75. The zero-order valence-electron chi connectivity index (χ0n) is 21.4. The van der Waals surface area contributed by atoms with Crippen LogP contribution in [0.1, 0.15) is 30.9 Å². The summed E-state index contributed by atoms with van der Waals surface area (Å²) in [7, 11) is 2.17. The van der Waals surface area contributed by atoms with Crippen molar-refractivity contribution in [2.45, 2.75) is 32.7 Å². The second kappa shape index (κ2) is 13.5. The van der Waals surface area contributed by atoms with E-state index < -0.39 is 0 Å². The number of aromatic nitrogens is 2. The van der Waals surface area contributed by atoms with E-state index in [2.05, 4.69) is 53.3 Å². The lowest BCUT2D eigenvalue weighted by Crippen LogP contribution is -2.22. The summed E-state index contributed by atoms with van der Waals surface area (Å²) in [6, 6.07) is 28.7. The van der Waals surface area contributed by atoms with Gasteiger partial charge in [0.1, 0.15) is 11.5 Å². The molecule has 0 fully saturated rings. The quantitative estimate of drug-likeness (QED) is 0.219. The molecule has 188 valence electrons. The fraction of sp³-hybridized carbons (Fsp3) is 0.323. The van der Waals surface area contributed by atoms with Crippen molar-refractivity contribution in [3.05, 3.63) is 102 Å². The van der Waals surface area contributed by atoms with E-state index in [1.807, 2.05) is 66.9 Å². The molecule has 5 heteroatoms. The predicted molar refractivity (Wildman–Crippen MR) is 146 cm³/mol.